The van der Waals surface area contributed by atoms with Crippen molar-refractivity contribution < 1.29 is 9.53 Å². The molecule has 4 nitrogen and oxygen atoms in total. The average molecular weight is 388 g/mol. The van der Waals surface area contributed by atoms with Gasteiger partial charge in [-0.3, -0.25) is 9.69 Å². The molecule has 0 aliphatic rings. The highest BCUT2D eigenvalue weighted by Crippen LogP contribution is 2.29. The molecule has 0 atom stereocenters. The Kier molecular flexibility index (Phi) is 5.35. The zero-order valence-electron chi connectivity index (χ0n) is 15.5. The first-order valence-corrected chi connectivity index (χ1v) is 9.90. The molecular formula is C23H20N2O2S. The molecule has 1 aromatic heterocycles. The van der Waals surface area contributed by atoms with Crippen LogP contribution in [0.25, 0.3) is 10.2 Å². The van der Waals surface area contributed by atoms with Crippen LogP contribution in [-0.4, -0.2) is 17.5 Å². The molecule has 0 N–H and O–H groups in total. The summed E-state index contributed by atoms with van der Waals surface area (Å²) in [6.07, 6.45) is 0. The van der Waals surface area contributed by atoms with Crippen LogP contribution in [0.4, 0.5) is 5.13 Å². The Morgan fingerprint density at radius 3 is 2.57 bits per heavy atom. The smallest absolute Gasteiger partial charge is 0.267 e. The van der Waals surface area contributed by atoms with E-state index < -0.39 is 0 Å². The van der Waals surface area contributed by atoms with E-state index in [4.69, 9.17) is 4.74 Å². The van der Waals surface area contributed by atoms with Crippen LogP contribution in [-0.2, 0) is 11.3 Å². The number of rotatable bonds is 6. The van der Waals surface area contributed by atoms with Gasteiger partial charge in [-0.05, 0) is 42.3 Å². The van der Waals surface area contributed by atoms with E-state index >= 15 is 0 Å². The molecule has 0 saturated carbocycles. The fraction of sp³-hybridized carbons (Fsp3) is 0.130. The minimum absolute atomic E-state index is 0.0355. The van der Waals surface area contributed by atoms with Gasteiger partial charge in [0.15, 0.2) is 11.7 Å². The second kappa shape index (κ2) is 8.23. The maximum atomic E-state index is 13.1. The summed E-state index contributed by atoms with van der Waals surface area (Å²) in [6.45, 7) is 2.42. The van der Waals surface area contributed by atoms with Crippen LogP contribution in [0.3, 0.4) is 0 Å². The number of carbonyl (C=O) groups is 1. The molecule has 0 radical (unpaired) electrons. The predicted molar refractivity (Wildman–Crippen MR) is 114 cm³/mol. The molecule has 28 heavy (non-hydrogen) atoms. The molecule has 0 unspecified atom stereocenters. The lowest BCUT2D eigenvalue weighted by molar-refractivity contribution is -0.120. The van der Waals surface area contributed by atoms with E-state index in [0.717, 1.165) is 21.3 Å². The van der Waals surface area contributed by atoms with Gasteiger partial charge in [-0.15, -0.1) is 0 Å². The third-order valence-electron chi connectivity index (χ3n) is 4.35. The lowest BCUT2D eigenvalue weighted by Gasteiger charge is -2.20. The second-order valence-electron chi connectivity index (χ2n) is 6.53. The molecule has 0 bridgehead atoms. The van der Waals surface area contributed by atoms with E-state index in [0.29, 0.717) is 17.4 Å². The van der Waals surface area contributed by atoms with Gasteiger partial charge in [-0.25, -0.2) is 4.98 Å². The number of nitrogens with zero attached hydrogens (tertiary/aromatic N) is 2. The molecular weight excluding hydrogens is 368 g/mol. The number of anilines is 1. The van der Waals surface area contributed by atoms with Gasteiger partial charge in [-0.1, -0.05) is 65.9 Å². The summed E-state index contributed by atoms with van der Waals surface area (Å²) >= 11 is 1.52. The normalized spacial score (nSPS) is 10.8. The van der Waals surface area contributed by atoms with Crippen molar-refractivity contribution in [1.29, 1.82) is 0 Å². The Morgan fingerprint density at radius 2 is 1.79 bits per heavy atom. The van der Waals surface area contributed by atoms with Gasteiger partial charge in [0.25, 0.3) is 5.91 Å². The Hall–Kier alpha value is -3.18. The van der Waals surface area contributed by atoms with E-state index in [1.807, 2.05) is 85.8 Å². The van der Waals surface area contributed by atoms with Crippen molar-refractivity contribution in [3.05, 3.63) is 90.0 Å². The van der Waals surface area contributed by atoms with Crippen molar-refractivity contribution in [2.45, 2.75) is 13.5 Å². The van der Waals surface area contributed by atoms with Crippen molar-refractivity contribution >= 4 is 32.6 Å². The Morgan fingerprint density at radius 1 is 1.00 bits per heavy atom. The van der Waals surface area contributed by atoms with Gasteiger partial charge < -0.3 is 4.74 Å². The summed E-state index contributed by atoms with van der Waals surface area (Å²) in [5.41, 5.74) is 3.04. The van der Waals surface area contributed by atoms with E-state index in [1.54, 1.807) is 4.90 Å². The molecule has 140 valence electrons. The fourth-order valence-corrected chi connectivity index (χ4v) is 3.91. The minimum Gasteiger partial charge on any atom is -0.484 e. The van der Waals surface area contributed by atoms with E-state index in [1.165, 1.54) is 11.3 Å². The van der Waals surface area contributed by atoms with Crippen molar-refractivity contribution in [3.63, 3.8) is 0 Å². The highest BCUT2D eigenvalue weighted by Gasteiger charge is 2.20. The number of benzene rings is 3. The number of fused-ring (bicyclic) bond motifs is 1. The zero-order chi connectivity index (χ0) is 19.3. The van der Waals surface area contributed by atoms with Crippen LogP contribution in [0.1, 0.15) is 11.1 Å². The molecule has 1 amide bonds. The molecule has 0 spiro atoms. The van der Waals surface area contributed by atoms with E-state index in [-0.39, 0.29) is 12.5 Å². The summed E-state index contributed by atoms with van der Waals surface area (Å²) in [5.74, 6) is 0.571. The van der Waals surface area contributed by atoms with Gasteiger partial charge in [0.05, 0.1) is 16.8 Å². The molecule has 1 heterocycles. The summed E-state index contributed by atoms with van der Waals surface area (Å²) in [7, 11) is 0. The standard InChI is InChI=1S/C23H20N2O2S/c1-17-8-7-11-19(14-17)27-16-22(26)25(15-18-9-3-2-4-10-18)23-24-20-12-5-6-13-21(20)28-23/h2-14H,15-16H2,1H3. The Labute approximate surface area is 168 Å². The molecule has 3 aromatic carbocycles. The molecule has 0 fully saturated rings. The molecule has 0 aliphatic carbocycles. The first-order valence-electron chi connectivity index (χ1n) is 9.08. The van der Waals surface area contributed by atoms with Crippen molar-refractivity contribution in [2.24, 2.45) is 0 Å². The first-order chi connectivity index (χ1) is 13.7. The van der Waals surface area contributed by atoms with E-state index in [2.05, 4.69) is 4.98 Å². The van der Waals surface area contributed by atoms with Crippen molar-refractivity contribution in [2.75, 3.05) is 11.5 Å². The lowest BCUT2D eigenvalue weighted by Crippen LogP contribution is -2.34. The number of hydrogen-bond acceptors (Lipinski definition) is 4. The van der Waals surface area contributed by atoms with Gasteiger partial charge in [0.2, 0.25) is 0 Å². The maximum Gasteiger partial charge on any atom is 0.267 e. The number of para-hydroxylation sites is 1. The molecule has 4 aromatic rings. The quantitative estimate of drug-likeness (QED) is 0.455. The van der Waals surface area contributed by atoms with Crippen LogP contribution in [0.15, 0.2) is 78.9 Å². The maximum absolute atomic E-state index is 13.1. The fourth-order valence-electron chi connectivity index (χ4n) is 2.93. The summed E-state index contributed by atoms with van der Waals surface area (Å²) in [4.78, 5) is 19.4. The molecule has 4 rings (SSSR count). The molecule has 5 heteroatoms. The third-order valence-corrected chi connectivity index (χ3v) is 5.41. The average Bonchev–Trinajstić information content (AvgIpc) is 3.15. The summed E-state index contributed by atoms with van der Waals surface area (Å²) in [6, 6.07) is 25.5. The summed E-state index contributed by atoms with van der Waals surface area (Å²) in [5, 5.41) is 0.683. The second-order valence-corrected chi connectivity index (χ2v) is 7.54. The van der Waals surface area contributed by atoms with Crippen LogP contribution in [0.2, 0.25) is 0 Å². The monoisotopic (exact) mass is 388 g/mol. The number of amides is 1. The predicted octanol–water partition coefficient (Wildman–Crippen LogP) is 5.22. The summed E-state index contributed by atoms with van der Waals surface area (Å²) < 4.78 is 6.81. The van der Waals surface area contributed by atoms with Crippen LogP contribution >= 0.6 is 11.3 Å². The number of hydrogen-bond donors (Lipinski definition) is 0. The first kappa shape index (κ1) is 18.2. The third kappa shape index (κ3) is 4.21. The number of ether oxygens (including phenoxy) is 1. The van der Waals surface area contributed by atoms with Crippen molar-refractivity contribution in [1.82, 2.24) is 4.98 Å². The molecule has 0 saturated heterocycles. The Balaban J connectivity index is 1.59. The molecule has 0 aliphatic heterocycles. The van der Waals surface area contributed by atoms with E-state index in [9.17, 15) is 4.79 Å². The Bertz CT molecular complexity index is 1060. The number of aryl methyl sites for hydroxylation is 1. The highest BCUT2D eigenvalue weighted by atomic mass is 32.1. The van der Waals surface area contributed by atoms with Crippen LogP contribution in [0, 0.1) is 6.92 Å². The number of thiazole rings is 1. The van der Waals surface area contributed by atoms with Crippen LogP contribution < -0.4 is 9.64 Å². The van der Waals surface area contributed by atoms with Gasteiger partial charge in [-0.2, -0.15) is 0 Å². The number of aromatic nitrogens is 1. The topological polar surface area (TPSA) is 42.4 Å². The van der Waals surface area contributed by atoms with Gasteiger partial charge in [0, 0.05) is 0 Å². The van der Waals surface area contributed by atoms with Gasteiger partial charge in [0.1, 0.15) is 5.75 Å². The lowest BCUT2D eigenvalue weighted by atomic mass is 10.2. The SMILES string of the molecule is Cc1cccc(OCC(=O)N(Cc2ccccc2)c2nc3ccccc3s2)c1. The van der Waals surface area contributed by atoms with Crippen molar-refractivity contribution in [3.8, 4) is 5.75 Å². The number of carbonyl (C=O) groups excluding carboxylic acids is 1. The van der Waals surface area contributed by atoms with Crippen LogP contribution in [0.5, 0.6) is 5.75 Å². The highest BCUT2D eigenvalue weighted by molar-refractivity contribution is 7.22. The zero-order valence-corrected chi connectivity index (χ0v) is 16.4. The van der Waals surface area contributed by atoms with Gasteiger partial charge >= 0.3 is 0 Å². The largest absolute Gasteiger partial charge is 0.484 e. The minimum atomic E-state index is -0.121.